The molecule has 5 rings (SSSR count). The van der Waals surface area contributed by atoms with Crippen LogP contribution in [0.5, 0.6) is 5.75 Å². The predicted octanol–water partition coefficient (Wildman–Crippen LogP) is 5.08. The maximum atomic E-state index is 13.1. The Morgan fingerprint density at radius 2 is 1.76 bits per heavy atom. The molecule has 1 N–H and O–H groups in total. The number of nitrogens with zero attached hydrogens (tertiary/aromatic N) is 2. The molecule has 0 bridgehead atoms. The van der Waals surface area contributed by atoms with Crippen LogP contribution >= 0.6 is 22.7 Å². The number of nitrogens with one attached hydrogen (secondary N) is 1. The van der Waals surface area contributed by atoms with Crippen LogP contribution in [0.2, 0.25) is 0 Å². The van der Waals surface area contributed by atoms with Crippen LogP contribution in [-0.4, -0.2) is 15.5 Å². The fourth-order valence-electron chi connectivity index (χ4n) is 3.54. The first-order chi connectivity index (χ1) is 16.7. The number of carbonyl (C=O) groups excluding carboxylic acids is 1. The average molecular weight is 488 g/mol. The van der Waals surface area contributed by atoms with Crippen LogP contribution in [0.3, 0.4) is 0 Å². The summed E-state index contributed by atoms with van der Waals surface area (Å²) in [4.78, 5) is 31.7. The zero-order valence-corrected chi connectivity index (χ0v) is 19.8. The highest BCUT2D eigenvalue weighted by atomic mass is 32.1. The smallest absolute Gasteiger partial charge is 0.263 e. The van der Waals surface area contributed by atoms with Gasteiger partial charge in [-0.15, -0.1) is 22.7 Å². The van der Waals surface area contributed by atoms with Gasteiger partial charge in [-0.2, -0.15) is 0 Å². The first kappa shape index (κ1) is 22.1. The Hall–Kier alpha value is -3.75. The molecule has 6 nitrogen and oxygen atoms in total. The van der Waals surface area contributed by atoms with Gasteiger partial charge in [0.15, 0.2) is 0 Å². The number of thiophene rings is 2. The van der Waals surface area contributed by atoms with Gasteiger partial charge in [-0.1, -0.05) is 48.5 Å². The SMILES string of the molecule is O=C(Cn1cnc2scc(-c3cccs3)c2c1=O)NCc1ccc(COc2ccccc2)cc1. The van der Waals surface area contributed by atoms with E-state index in [1.165, 1.54) is 22.2 Å². The summed E-state index contributed by atoms with van der Waals surface area (Å²) in [5.74, 6) is 0.583. The lowest BCUT2D eigenvalue weighted by molar-refractivity contribution is -0.121. The second-order valence-corrected chi connectivity index (χ2v) is 9.49. The molecule has 8 heteroatoms. The molecule has 0 spiro atoms. The summed E-state index contributed by atoms with van der Waals surface area (Å²) < 4.78 is 7.12. The van der Waals surface area contributed by atoms with Crippen molar-refractivity contribution in [3.05, 3.63) is 105 Å². The number of amides is 1. The van der Waals surface area contributed by atoms with E-state index in [9.17, 15) is 9.59 Å². The zero-order chi connectivity index (χ0) is 23.3. The number of carbonyl (C=O) groups is 1. The molecule has 3 aromatic heterocycles. The third-order valence-corrected chi connectivity index (χ3v) is 7.11. The molecule has 34 heavy (non-hydrogen) atoms. The fraction of sp³-hybridized carbons (Fsp3) is 0.115. The van der Waals surface area contributed by atoms with Crippen molar-refractivity contribution in [3.8, 4) is 16.2 Å². The molecule has 0 saturated carbocycles. The lowest BCUT2D eigenvalue weighted by atomic mass is 10.1. The van der Waals surface area contributed by atoms with Crippen molar-refractivity contribution in [2.75, 3.05) is 0 Å². The normalized spacial score (nSPS) is 10.9. The van der Waals surface area contributed by atoms with Crippen LogP contribution in [0.1, 0.15) is 11.1 Å². The highest BCUT2D eigenvalue weighted by molar-refractivity contribution is 7.18. The molecule has 0 unspecified atom stereocenters. The van der Waals surface area contributed by atoms with Crippen LogP contribution in [-0.2, 0) is 24.5 Å². The van der Waals surface area contributed by atoms with E-state index in [1.54, 1.807) is 11.3 Å². The first-order valence-electron chi connectivity index (χ1n) is 10.7. The summed E-state index contributed by atoms with van der Waals surface area (Å²) in [5, 5.41) is 7.37. The van der Waals surface area contributed by atoms with E-state index in [2.05, 4.69) is 10.3 Å². The predicted molar refractivity (Wildman–Crippen MR) is 136 cm³/mol. The van der Waals surface area contributed by atoms with Crippen molar-refractivity contribution in [3.63, 3.8) is 0 Å². The van der Waals surface area contributed by atoms with Crippen molar-refractivity contribution in [1.82, 2.24) is 14.9 Å². The number of fused-ring (bicyclic) bond motifs is 1. The number of ether oxygens (including phenoxy) is 1. The number of benzene rings is 2. The molecule has 3 heterocycles. The summed E-state index contributed by atoms with van der Waals surface area (Å²) >= 11 is 3.01. The molecular weight excluding hydrogens is 466 g/mol. The number of aromatic nitrogens is 2. The van der Waals surface area contributed by atoms with E-state index >= 15 is 0 Å². The Morgan fingerprint density at radius 1 is 0.971 bits per heavy atom. The highest BCUT2D eigenvalue weighted by Crippen LogP contribution is 2.33. The molecule has 5 aromatic rings. The standard InChI is InChI=1S/C26H21N3O3S2/c30-23(27-13-18-8-10-19(11-9-18)15-32-20-5-2-1-3-6-20)14-29-17-28-25-24(26(29)31)21(16-34-25)22-7-4-12-33-22/h1-12,16-17H,13-15H2,(H,27,30). The van der Waals surface area contributed by atoms with E-state index in [0.29, 0.717) is 23.4 Å². The summed E-state index contributed by atoms with van der Waals surface area (Å²) in [6.45, 7) is 0.775. The van der Waals surface area contributed by atoms with Gasteiger partial charge in [0.1, 0.15) is 23.7 Å². The minimum atomic E-state index is -0.243. The van der Waals surface area contributed by atoms with Crippen molar-refractivity contribution >= 4 is 38.8 Å². The van der Waals surface area contributed by atoms with E-state index in [-0.39, 0.29) is 18.0 Å². The Bertz CT molecular complexity index is 1460. The van der Waals surface area contributed by atoms with Crippen molar-refractivity contribution in [2.24, 2.45) is 0 Å². The van der Waals surface area contributed by atoms with E-state index in [0.717, 1.165) is 27.3 Å². The van der Waals surface area contributed by atoms with Gasteiger partial charge in [0.2, 0.25) is 5.91 Å². The summed E-state index contributed by atoms with van der Waals surface area (Å²) in [6.07, 6.45) is 1.44. The van der Waals surface area contributed by atoms with E-state index in [4.69, 9.17) is 4.74 Å². The average Bonchev–Trinajstić information content (AvgIpc) is 3.55. The highest BCUT2D eigenvalue weighted by Gasteiger charge is 2.15. The molecule has 0 fully saturated rings. The number of hydrogen-bond donors (Lipinski definition) is 1. The lowest BCUT2D eigenvalue weighted by Crippen LogP contribution is -2.32. The number of rotatable bonds is 8. The summed E-state index contributed by atoms with van der Waals surface area (Å²) in [5.41, 5.74) is 2.68. The van der Waals surface area contributed by atoms with Crippen molar-refractivity contribution in [2.45, 2.75) is 19.7 Å². The molecule has 0 radical (unpaired) electrons. The first-order valence-corrected chi connectivity index (χ1v) is 12.5. The maximum absolute atomic E-state index is 13.1. The Kier molecular flexibility index (Phi) is 6.51. The minimum absolute atomic E-state index is 0.0789. The third-order valence-electron chi connectivity index (χ3n) is 5.32. The van der Waals surface area contributed by atoms with Gasteiger partial charge >= 0.3 is 0 Å². The molecule has 0 aliphatic carbocycles. The molecule has 2 aromatic carbocycles. The molecule has 0 aliphatic rings. The maximum Gasteiger partial charge on any atom is 0.263 e. The van der Waals surface area contributed by atoms with E-state index < -0.39 is 0 Å². The van der Waals surface area contributed by atoms with Crippen LogP contribution in [0.25, 0.3) is 20.7 Å². The molecule has 170 valence electrons. The van der Waals surface area contributed by atoms with Crippen LogP contribution in [0.15, 0.2) is 88.6 Å². The number of para-hydroxylation sites is 1. The molecule has 0 aliphatic heterocycles. The van der Waals surface area contributed by atoms with Crippen LogP contribution in [0.4, 0.5) is 0 Å². The van der Waals surface area contributed by atoms with Gasteiger partial charge < -0.3 is 10.1 Å². The number of hydrogen-bond acceptors (Lipinski definition) is 6. The van der Waals surface area contributed by atoms with Gasteiger partial charge in [-0.3, -0.25) is 14.2 Å². The monoisotopic (exact) mass is 487 g/mol. The van der Waals surface area contributed by atoms with Crippen molar-refractivity contribution in [1.29, 1.82) is 0 Å². The largest absolute Gasteiger partial charge is 0.489 e. The van der Waals surface area contributed by atoms with Crippen molar-refractivity contribution < 1.29 is 9.53 Å². The van der Waals surface area contributed by atoms with Gasteiger partial charge in [-0.25, -0.2) is 4.98 Å². The second-order valence-electron chi connectivity index (χ2n) is 7.68. The van der Waals surface area contributed by atoms with Crippen LogP contribution in [0, 0.1) is 0 Å². The quantitative estimate of drug-likeness (QED) is 0.331. The summed E-state index contributed by atoms with van der Waals surface area (Å²) in [7, 11) is 0. The molecule has 0 atom stereocenters. The Labute approximate surface area is 204 Å². The topological polar surface area (TPSA) is 73.2 Å². The van der Waals surface area contributed by atoms with Gasteiger partial charge in [-0.05, 0) is 34.7 Å². The third kappa shape index (κ3) is 4.93. The molecule has 0 saturated heterocycles. The molecule has 1 amide bonds. The lowest BCUT2D eigenvalue weighted by Gasteiger charge is -2.09. The Balaban J connectivity index is 1.20. The van der Waals surface area contributed by atoms with Gasteiger partial charge in [0.05, 0.1) is 11.7 Å². The second kappa shape index (κ2) is 10.0. The Morgan fingerprint density at radius 3 is 2.53 bits per heavy atom. The van der Waals surface area contributed by atoms with Gasteiger partial charge in [0.25, 0.3) is 5.56 Å². The minimum Gasteiger partial charge on any atom is -0.489 e. The van der Waals surface area contributed by atoms with E-state index in [1.807, 2.05) is 77.5 Å². The fourth-order valence-corrected chi connectivity index (χ4v) is 5.26. The molecular formula is C26H21N3O3S2. The van der Waals surface area contributed by atoms with Gasteiger partial charge in [0, 0.05) is 22.4 Å². The zero-order valence-electron chi connectivity index (χ0n) is 18.1. The summed E-state index contributed by atoms with van der Waals surface area (Å²) in [6, 6.07) is 21.5. The van der Waals surface area contributed by atoms with Crippen LogP contribution < -0.4 is 15.6 Å².